The van der Waals surface area contributed by atoms with E-state index in [9.17, 15) is 4.79 Å². The first-order valence-electron chi connectivity index (χ1n) is 3.27. The first-order chi connectivity index (χ1) is 4.84. The first-order valence-corrected chi connectivity index (χ1v) is 3.27. The van der Waals surface area contributed by atoms with Crippen LogP contribution >= 0.6 is 0 Å². The van der Waals surface area contributed by atoms with Crippen molar-refractivity contribution in [3.05, 3.63) is 12.3 Å². The van der Waals surface area contributed by atoms with E-state index in [1.807, 2.05) is 0 Å². The van der Waals surface area contributed by atoms with Crippen LogP contribution in [0, 0.1) is 5.92 Å². The van der Waals surface area contributed by atoms with Gasteiger partial charge in [0, 0.05) is 18.6 Å². The lowest BCUT2D eigenvalue weighted by molar-refractivity contribution is -0.118. The molecule has 0 radical (unpaired) electrons. The Morgan fingerprint density at radius 1 is 1.70 bits per heavy atom. The van der Waals surface area contributed by atoms with E-state index in [0.29, 0.717) is 13.2 Å². The fourth-order valence-electron chi connectivity index (χ4n) is 0.968. The van der Waals surface area contributed by atoms with Gasteiger partial charge in [-0.05, 0) is 6.42 Å². The molecule has 10 heavy (non-hydrogen) atoms. The van der Waals surface area contributed by atoms with Crippen molar-refractivity contribution in [1.82, 2.24) is 0 Å². The highest BCUT2D eigenvalue weighted by Crippen LogP contribution is 2.13. The van der Waals surface area contributed by atoms with Gasteiger partial charge in [0.2, 0.25) is 0 Å². The van der Waals surface area contributed by atoms with E-state index in [1.54, 1.807) is 0 Å². The molecule has 0 aromatic rings. The second kappa shape index (κ2) is 3.37. The zero-order chi connectivity index (χ0) is 7.40. The average Bonchev–Trinajstić information content (AvgIpc) is 2.38. The lowest BCUT2D eigenvalue weighted by Crippen LogP contribution is -2.10. The molecule has 0 bridgehead atoms. The number of ketones is 1. The van der Waals surface area contributed by atoms with Crippen LogP contribution in [0.2, 0.25) is 0 Å². The van der Waals surface area contributed by atoms with E-state index in [0.717, 1.165) is 12.7 Å². The van der Waals surface area contributed by atoms with Crippen LogP contribution in [0.5, 0.6) is 0 Å². The molecule has 1 aliphatic rings. The Morgan fingerprint density at radius 2 is 2.50 bits per heavy atom. The van der Waals surface area contributed by atoms with Gasteiger partial charge >= 0.3 is 0 Å². The van der Waals surface area contributed by atoms with Crippen molar-refractivity contribution in [2.75, 3.05) is 13.2 Å². The minimum absolute atomic E-state index is 0.0246. The molecule has 0 aromatic carbocycles. The summed E-state index contributed by atoms with van der Waals surface area (Å²) in [7, 11) is 0. The van der Waals surface area contributed by atoms with Gasteiger partial charge in [-0.25, -0.2) is 0 Å². The van der Waals surface area contributed by atoms with Crippen molar-refractivity contribution in [1.29, 1.82) is 0 Å². The lowest BCUT2D eigenvalue weighted by atomic mass is 10.0. The largest absolute Gasteiger partial charge is 0.515 e. The van der Waals surface area contributed by atoms with Crippen LogP contribution in [0.15, 0.2) is 12.3 Å². The second-order valence-electron chi connectivity index (χ2n) is 2.28. The molecule has 0 saturated carbocycles. The molecule has 1 heterocycles. The zero-order valence-electron chi connectivity index (χ0n) is 5.62. The van der Waals surface area contributed by atoms with Gasteiger partial charge < -0.3 is 9.84 Å². The summed E-state index contributed by atoms with van der Waals surface area (Å²) >= 11 is 0. The quantitative estimate of drug-likeness (QED) is 0.455. The predicted octanol–water partition coefficient (Wildman–Crippen LogP) is 0.664. The molecule has 0 aliphatic carbocycles. The Balaban J connectivity index is 2.40. The summed E-state index contributed by atoms with van der Waals surface area (Å²) in [6.07, 6.45) is 2.74. The summed E-state index contributed by atoms with van der Waals surface area (Å²) in [4.78, 5) is 10.9. The first kappa shape index (κ1) is 7.28. The number of rotatable bonds is 2. The standard InChI is InChI=1S/C7H10O3/c8-3-1-7(9)6-2-4-10-5-6/h1,3,6,8H,2,4-5H2/b3-1+. The van der Waals surface area contributed by atoms with Crippen molar-refractivity contribution >= 4 is 5.78 Å². The van der Waals surface area contributed by atoms with Gasteiger partial charge in [-0.1, -0.05) is 0 Å². The molecule has 1 unspecified atom stereocenters. The van der Waals surface area contributed by atoms with Gasteiger partial charge in [0.05, 0.1) is 12.9 Å². The number of aliphatic hydroxyl groups is 1. The molecular weight excluding hydrogens is 132 g/mol. The normalized spacial score (nSPS) is 25.8. The third kappa shape index (κ3) is 1.57. The molecule has 0 spiro atoms. The smallest absolute Gasteiger partial charge is 0.164 e. The van der Waals surface area contributed by atoms with E-state index in [4.69, 9.17) is 9.84 Å². The van der Waals surface area contributed by atoms with Crippen LogP contribution in [0.1, 0.15) is 6.42 Å². The third-order valence-corrected chi connectivity index (χ3v) is 1.57. The average molecular weight is 142 g/mol. The summed E-state index contributed by atoms with van der Waals surface area (Å²) in [6, 6.07) is 0. The van der Waals surface area contributed by atoms with Gasteiger partial charge in [0.25, 0.3) is 0 Å². The summed E-state index contributed by atoms with van der Waals surface area (Å²) < 4.78 is 4.99. The van der Waals surface area contributed by atoms with Crippen LogP contribution in [-0.2, 0) is 9.53 Å². The van der Waals surface area contributed by atoms with Gasteiger partial charge in [-0.2, -0.15) is 0 Å². The van der Waals surface area contributed by atoms with Crippen molar-refractivity contribution in [3.8, 4) is 0 Å². The van der Waals surface area contributed by atoms with Crippen LogP contribution < -0.4 is 0 Å². The highest BCUT2D eigenvalue weighted by molar-refractivity contribution is 5.91. The molecule has 1 aliphatic heterocycles. The molecule has 56 valence electrons. The molecule has 1 rings (SSSR count). The second-order valence-corrected chi connectivity index (χ2v) is 2.28. The Morgan fingerprint density at radius 3 is 3.00 bits per heavy atom. The van der Waals surface area contributed by atoms with E-state index in [1.165, 1.54) is 6.08 Å². The SMILES string of the molecule is O=C(/C=C/O)C1CCOC1. The molecule has 3 heteroatoms. The molecule has 1 atom stereocenters. The lowest BCUT2D eigenvalue weighted by Gasteiger charge is -1.98. The van der Waals surface area contributed by atoms with Crippen LogP contribution in [-0.4, -0.2) is 24.1 Å². The minimum Gasteiger partial charge on any atom is -0.515 e. The highest BCUT2D eigenvalue weighted by atomic mass is 16.5. The molecule has 1 N–H and O–H groups in total. The number of hydrogen-bond acceptors (Lipinski definition) is 3. The Bertz CT molecular complexity index is 145. The maximum atomic E-state index is 10.9. The van der Waals surface area contributed by atoms with Crippen LogP contribution in [0.4, 0.5) is 0 Å². The maximum absolute atomic E-state index is 10.9. The Hall–Kier alpha value is -0.830. The van der Waals surface area contributed by atoms with Gasteiger partial charge in [-0.3, -0.25) is 4.79 Å². The topological polar surface area (TPSA) is 46.5 Å². The number of carbonyl (C=O) groups is 1. The van der Waals surface area contributed by atoms with Gasteiger partial charge in [0.1, 0.15) is 0 Å². The van der Waals surface area contributed by atoms with Crippen molar-refractivity contribution in [2.24, 2.45) is 5.92 Å². The summed E-state index contributed by atoms with van der Waals surface area (Å²) in [6.45, 7) is 1.17. The fraction of sp³-hybridized carbons (Fsp3) is 0.571. The van der Waals surface area contributed by atoms with E-state index in [-0.39, 0.29) is 11.7 Å². The number of hydrogen-bond donors (Lipinski definition) is 1. The van der Waals surface area contributed by atoms with Gasteiger partial charge in [0.15, 0.2) is 5.78 Å². The predicted molar refractivity (Wildman–Crippen MR) is 35.7 cm³/mol. The van der Waals surface area contributed by atoms with E-state index < -0.39 is 0 Å². The minimum atomic E-state index is -0.0417. The Labute approximate surface area is 59.3 Å². The monoisotopic (exact) mass is 142 g/mol. The number of ether oxygens (including phenoxy) is 1. The molecule has 3 nitrogen and oxygen atoms in total. The zero-order valence-corrected chi connectivity index (χ0v) is 5.62. The van der Waals surface area contributed by atoms with Crippen LogP contribution in [0.3, 0.4) is 0 Å². The molecule has 0 amide bonds. The fourth-order valence-corrected chi connectivity index (χ4v) is 0.968. The number of aliphatic hydroxyl groups excluding tert-OH is 1. The number of allylic oxidation sites excluding steroid dienone is 1. The van der Waals surface area contributed by atoms with E-state index >= 15 is 0 Å². The van der Waals surface area contributed by atoms with Crippen molar-refractivity contribution in [2.45, 2.75) is 6.42 Å². The summed E-state index contributed by atoms with van der Waals surface area (Å²) in [5, 5.41) is 8.25. The van der Waals surface area contributed by atoms with Crippen molar-refractivity contribution < 1.29 is 14.6 Å². The molecule has 0 aromatic heterocycles. The number of carbonyl (C=O) groups excluding carboxylic acids is 1. The molecule has 1 fully saturated rings. The summed E-state index contributed by atoms with van der Waals surface area (Å²) in [5.74, 6) is -0.0663. The maximum Gasteiger partial charge on any atom is 0.164 e. The van der Waals surface area contributed by atoms with Gasteiger partial charge in [-0.15, -0.1) is 0 Å². The van der Waals surface area contributed by atoms with Crippen molar-refractivity contribution in [3.63, 3.8) is 0 Å². The van der Waals surface area contributed by atoms with E-state index in [2.05, 4.69) is 0 Å². The molecular formula is C7H10O3. The Kier molecular flexibility index (Phi) is 2.45. The van der Waals surface area contributed by atoms with Crippen LogP contribution in [0.25, 0.3) is 0 Å². The highest BCUT2D eigenvalue weighted by Gasteiger charge is 2.20. The summed E-state index contributed by atoms with van der Waals surface area (Å²) in [5.41, 5.74) is 0. The third-order valence-electron chi connectivity index (χ3n) is 1.57. The molecule has 1 saturated heterocycles.